The summed E-state index contributed by atoms with van der Waals surface area (Å²) < 4.78 is 48.0. The lowest BCUT2D eigenvalue weighted by Crippen LogP contribution is -2.46. The monoisotopic (exact) mass is 315 g/mol. The summed E-state index contributed by atoms with van der Waals surface area (Å²) >= 11 is 1.22. The summed E-state index contributed by atoms with van der Waals surface area (Å²) in [4.78, 5) is 11.0. The third-order valence-electron chi connectivity index (χ3n) is 3.07. The molecule has 0 aromatic heterocycles. The predicted molar refractivity (Wildman–Crippen MR) is 66.6 cm³/mol. The van der Waals surface area contributed by atoms with Crippen LogP contribution < -0.4 is 0 Å². The van der Waals surface area contributed by atoms with Crippen LogP contribution in [0.3, 0.4) is 0 Å². The molecule has 0 bridgehead atoms. The fourth-order valence-electron chi connectivity index (χ4n) is 2.06. The quantitative estimate of drug-likeness (QED) is 0.708. The summed E-state index contributed by atoms with van der Waals surface area (Å²) in [6, 6.07) is -1.08. The van der Waals surface area contributed by atoms with Crippen LogP contribution in [0.15, 0.2) is 0 Å². The Labute approximate surface area is 110 Å². The van der Waals surface area contributed by atoms with Crippen LogP contribution in [0.4, 0.5) is 0 Å². The Balaban J connectivity index is 2.24. The molecule has 1 N–H and O–H groups in total. The summed E-state index contributed by atoms with van der Waals surface area (Å²) in [7, 11) is -7.16. The van der Waals surface area contributed by atoms with E-state index in [2.05, 4.69) is 0 Å². The zero-order chi connectivity index (χ0) is 13.6. The lowest BCUT2D eigenvalue weighted by atomic mass is 10.4. The van der Waals surface area contributed by atoms with Gasteiger partial charge in [0.25, 0.3) is 0 Å². The predicted octanol–water partition coefficient (Wildman–Crippen LogP) is -1.04. The molecule has 18 heavy (non-hydrogen) atoms. The zero-order valence-corrected chi connectivity index (χ0v) is 11.8. The summed E-state index contributed by atoms with van der Waals surface area (Å²) in [5, 5.41) is 7.96. The highest BCUT2D eigenvalue weighted by molar-refractivity contribution is 8.01. The van der Waals surface area contributed by atoms with Crippen molar-refractivity contribution in [1.82, 2.24) is 4.31 Å². The number of aliphatic carboxylic acids is 1. The van der Waals surface area contributed by atoms with Crippen molar-refractivity contribution >= 4 is 37.6 Å². The summed E-state index contributed by atoms with van der Waals surface area (Å²) in [6.07, 6.45) is 0.0537. The third kappa shape index (κ3) is 2.51. The van der Waals surface area contributed by atoms with Gasteiger partial charge in [0.05, 0.1) is 22.6 Å². The van der Waals surface area contributed by atoms with Gasteiger partial charge in [-0.1, -0.05) is 0 Å². The molecule has 0 saturated carbocycles. The van der Waals surface area contributed by atoms with Crippen LogP contribution in [0.5, 0.6) is 0 Å². The van der Waals surface area contributed by atoms with Crippen molar-refractivity contribution in [3.63, 3.8) is 0 Å². The topological polar surface area (TPSA) is 109 Å². The fraction of sp³-hybridized carbons (Fsp3) is 0.875. The van der Waals surface area contributed by atoms with E-state index in [1.165, 1.54) is 11.8 Å². The molecule has 104 valence electrons. The van der Waals surface area contributed by atoms with Crippen molar-refractivity contribution in [1.29, 1.82) is 0 Å². The number of carboxylic acids is 1. The second-order valence-corrected chi connectivity index (χ2v) is 9.71. The van der Waals surface area contributed by atoms with Gasteiger partial charge in [0.2, 0.25) is 10.0 Å². The molecule has 2 saturated heterocycles. The highest BCUT2D eigenvalue weighted by atomic mass is 32.2. The number of rotatable bonds is 3. The molecule has 2 fully saturated rings. The van der Waals surface area contributed by atoms with Crippen LogP contribution in [-0.4, -0.2) is 66.6 Å². The number of carbonyl (C=O) groups is 1. The molecule has 7 nitrogen and oxygen atoms in total. The van der Waals surface area contributed by atoms with E-state index in [4.69, 9.17) is 5.11 Å². The average Bonchev–Trinajstić information content (AvgIpc) is 2.83. The maximum atomic E-state index is 12.2. The van der Waals surface area contributed by atoms with Gasteiger partial charge in [-0.25, -0.2) is 16.8 Å². The summed E-state index contributed by atoms with van der Waals surface area (Å²) in [6.45, 7) is 0. The van der Waals surface area contributed by atoms with Crippen LogP contribution in [0.25, 0.3) is 0 Å². The van der Waals surface area contributed by atoms with Crippen LogP contribution in [0.1, 0.15) is 6.42 Å². The summed E-state index contributed by atoms with van der Waals surface area (Å²) in [5.74, 6) is -1.45. The fourth-order valence-corrected chi connectivity index (χ4v) is 8.30. The Morgan fingerprint density at radius 2 is 2.06 bits per heavy atom. The van der Waals surface area contributed by atoms with Crippen molar-refractivity contribution in [2.24, 2.45) is 0 Å². The van der Waals surface area contributed by atoms with E-state index < -0.39 is 42.9 Å². The van der Waals surface area contributed by atoms with Gasteiger partial charge in [0, 0.05) is 5.75 Å². The molecule has 2 atom stereocenters. The second-order valence-electron chi connectivity index (χ2n) is 4.31. The van der Waals surface area contributed by atoms with Crippen molar-refractivity contribution in [3.8, 4) is 0 Å². The molecule has 2 heterocycles. The number of nitrogens with zero attached hydrogens (tertiary/aromatic N) is 1. The molecule has 10 heteroatoms. The average molecular weight is 315 g/mol. The lowest BCUT2D eigenvalue weighted by molar-refractivity contribution is -0.140. The van der Waals surface area contributed by atoms with Crippen LogP contribution in [-0.2, 0) is 24.7 Å². The largest absolute Gasteiger partial charge is 0.480 e. The van der Waals surface area contributed by atoms with E-state index >= 15 is 0 Å². The van der Waals surface area contributed by atoms with Gasteiger partial charge >= 0.3 is 5.97 Å². The first-order valence-corrected chi connectivity index (χ1v) is 9.73. The zero-order valence-electron chi connectivity index (χ0n) is 9.35. The second kappa shape index (κ2) is 4.66. The lowest BCUT2D eigenvalue weighted by Gasteiger charge is -2.23. The minimum atomic E-state index is -3.85. The number of carboxylic acid groups (broad SMARTS) is 1. The highest BCUT2D eigenvalue weighted by Gasteiger charge is 2.46. The Morgan fingerprint density at radius 1 is 1.39 bits per heavy atom. The van der Waals surface area contributed by atoms with E-state index in [-0.39, 0.29) is 23.8 Å². The normalized spacial score (nSPS) is 32.7. The Kier molecular flexibility index (Phi) is 3.65. The molecule has 2 aliphatic rings. The smallest absolute Gasteiger partial charge is 0.322 e. The van der Waals surface area contributed by atoms with E-state index in [1.807, 2.05) is 0 Å². The molecule has 0 spiro atoms. The number of sulfonamides is 1. The Bertz CT molecular complexity index is 553. The van der Waals surface area contributed by atoms with Gasteiger partial charge in [-0.15, -0.1) is 11.8 Å². The van der Waals surface area contributed by atoms with E-state index in [0.717, 1.165) is 4.31 Å². The number of hydrogen-bond acceptors (Lipinski definition) is 6. The molecule has 2 rings (SSSR count). The van der Waals surface area contributed by atoms with Crippen molar-refractivity contribution in [3.05, 3.63) is 0 Å². The maximum Gasteiger partial charge on any atom is 0.322 e. The first kappa shape index (κ1) is 14.1. The standard InChI is InChI=1S/C8H13NO6S3/c10-8(11)7-3-16-5-9(7)18(14,15)6-1-2-17(12,13)4-6/h6-7H,1-5H2,(H,10,11)/t6?,7-/m0/s1. The molecular formula is C8H13NO6S3. The molecule has 0 amide bonds. The highest BCUT2D eigenvalue weighted by Crippen LogP contribution is 2.30. The van der Waals surface area contributed by atoms with Crippen LogP contribution >= 0.6 is 11.8 Å². The first-order chi connectivity index (χ1) is 8.24. The van der Waals surface area contributed by atoms with Crippen molar-refractivity contribution in [2.45, 2.75) is 17.7 Å². The van der Waals surface area contributed by atoms with Gasteiger partial charge in [-0.2, -0.15) is 4.31 Å². The first-order valence-electron chi connectivity index (χ1n) is 5.26. The minimum Gasteiger partial charge on any atom is -0.480 e. The molecule has 1 unspecified atom stereocenters. The van der Waals surface area contributed by atoms with Gasteiger partial charge in [-0.3, -0.25) is 4.79 Å². The van der Waals surface area contributed by atoms with E-state index in [9.17, 15) is 21.6 Å². The molecular weight excluding hydrogens is 302 g/mol. The SMILES string of the molecule is O=C(O)[C@@H]1CSCN1S(=O)(=O)C1CCS(=O)(=O)C1. The Hall–Kier alpha value is -0.320. The number of thioether (sulfide) groups is 1. The molecule has 2 aliphatic heterocycles. The minimum absolute atomic E-state index is 0.0537. The van der Waals surface area contributed by atoms with E-state index in [0.29, 0.717) is 0 Å². The maximum absolute atomic E-state index is 12.2. The summed E-state index contributed by atoms with van der Waals surface area (Å²) in [5.41, 5.74) is 0. The number of sulfone groups is 1. The third-order valence-corrected chi connectivity index (χ3v) is 8.50. The van der Waals surface area contributed by atoms with Gasteiger partial charge in [0.1, 0.15) is 6.04 Å². The van der Waals surface area contributed by atoms with Gasteiger partial charge < -0.3 is 5.11 Å². The van der Waals surface area contributed by atoms with Crippen LogP contribution in [0, 0.1) is 0 Å². The van der Waals surface area contributed by atoms with Crippen molar-refractivity contribution in [2.75, 3.05) is 23.1 Å². The molecule has 0 radical (unpaired) electrons. The van der Waals surface area contributed by atoms with Crippen molar-refractivity contribution < 1.29 is 26.7 Å². The van der Waals surface area contributed by atoms with Gasteiger partial charge in [0.15, 0.2) is 9.84 Å². The van der Waals surface area contributed by atoms with Crippen LogP contribution in [0.2, 0.25) is 0 Å². The van der Waals surface area contributed by atoms with E-state index in [1.54, 1.807) is 0 Å². The molecule has 0 aliphatic carbocycles. The molecule has 0 aromatic carbocycles. The molecule has 0 aromatic rings. The number of hydrogen-bond donors (Lipinski definition) is 1. The Morgan fingerprint density at radius 3 is 2.56 bits per heavy atom. The van der Waals surface area contributed by atoms with Gasteiger partial charge in [-0.05, 0) is 6.42 Å².